The molecule has 5 rings (SSSR count). The number of ether oxygens (including phenoxy) is 1. The minimum atomic E-state index is -0.862. The molecule has 2 aromatic heterocycles. The third-order valence-corrected chi connectivity index (χ3v) is 7.77. The number of aryl methyl sites for hydroxylation is 1. The van der Waals surface area contributed by atoms with Crippen LogP contribution >= 0.6 is 11.3 Å². The second kappa shape index (κ2) is 9.61. The van der Waals surface area contributed by atoms with Gasteiger partial charge in [-0.1, -0.05) is 12.1 Å². The Morgan fingerprint density at radius 1 is 1.18 bits per heavy atom. The van der Waals surface area contributed by atoms with Gasteiger partial charge in [-0.3, -0.25) is 4.79 Å². The number of ketones is 1. The largest absolute Gasteiger partial charge is 0.463 e. The van der Waals surface area contributed by atoms with Crippen LogP contribution in [0.1, 0.15) is 47.5 Å². The molecule has 7 heteroatoms. The van der Waals surface area contributed by atoms with Gasteiger partial charge in [-0.05, 0) is 70.1 Å². The summed E-state index contributed by atoms with van der Waals surface area (Å²) in [6.07, 6.45) is 5.20. The van der Waals surface area contributed by atoms with Gasteiger partial charge in [0.25, 0.3) is 0 Å². The number of hydrogen-bond donors (Lipinski definition) is 0. The van der Waals surface area contributed by atoms with Crippen molar-refractivity contribution in [2.75, 3.05) is 26.5 Å². The van der Waals surface area contributed by atoms with Crippen LogP contribution in [-0.2, 0) is 6.54 Å². The number of hydrogen-bond acceptors (Lipinski definition) is 5. The van der Waals surface area contributed by atoms with Crippen molar-refractivity contribution in [3.05, 3.63) is 59.2 Å². The van der Waals surface area contributed by atoms with Crippen LogP contribution in [0.25, 0.3) is 21.1 Å². The highest BCUT2D eigenvalue weighted by molar-refractivity contribution is 7.18. The van der Waals surface area contributed by atoms with E-state index in [1.807, 2.05) is 29.7 Å². The van der Waals surface area contributed by atoms with Gasteiger partial charge in [0, 0.05) is 35.7 Å². The quantitative estimate of drug-likeness (QED) is 0.298. The van der Waals surface area contributed by atoms with Crippen molar-refractivity contribution in [2.24, 2.45) is 0 Å². The minimum absolute atomic E-state index is 0.0369. The molecule has 1 aliphatic heterocycles. The maximum atomic E-state index is 12.6. The lowest BCUT2D eigenvalue weighted by Gasteiger charge is -2.31. The number of halogens is 1. The number of piperidine rings is 1. The first-order chi connectivity index (χ1) is 16.1. The molecule has 1 fully saturated rings. The van der Waals surface area contributed by atoms with Gasteiger partial charge >= 0.3 is 0 Å². The monoisotopic (exact) mass is 465 g/mol. The van der Waals surface area contributed by atoms with E-state index >= 15 is 0 Å². The fourth-order valence-corrected chi connectivity index (χ4v) is 5.96. The van der Waals surface area contributed by atoms with Crippen LogP contribution < -0.4 is 4.74 Å². The summed E-state index contributed by atoms with van der Waals surface area (Å²) >= 11 is 1.84. The molecule has 0 bridgehead atoms. The summed E-state index contributed by atoms with van der Waals surface area (Å²) in [6.45, 7) is 4.71. The van der Waals surface area contributed by atoms with Crippen molar-refractivity contribution in [3.8, 4) is 5.75 Å². The smallest absolute Gasteiger partial charge is 0.228 e. The average Bonchev–Trinajstić information content (AvgIpc) is 3.42. The Bertz CT molecular complexity index is 1240. The number of rotatable bonds is 8. The third-order valence-electron chi connectivity index (χ3n) is 6.57. The van der Waals surface area contributed by atoms with Crippen molar-refractivity contribution >= 4 is 38.2 Å². The molecule has 3 heterocycles. The number of benzene rings is 2. The predicted molar refractivity (Wildman–Crippen MR) is 131 cm³/mol. The lowest BCUT2D eigenvalue weighted by Crippen LogP contribution is -2.34. The van der Waals surface area contributed by atoms with Crippen LogP contribution in [0.4, 0.5) is 4.39 Å². The number of likely N-dealkylation sites (tertiary alicyclic amines) is 1. The molecular weight excluding hydrogens is 437 g/mol. The van der Waals surface area contributed by atoms with E-state index in [2.05, 4.69) is 33.7 Å². The number of nitrogens with zero attached hydrogens (tertiary/aromatic N) is 3. The van der Waals surface area contributed by atoms with Gasteiger partial charge < -0.3 is 14.2 Å². The molecule has 5 nitrogen and oxygen atoms in total. The number of fused-ring (bicyclic) bond motifs is 2. The molecule has 0 aliphatic carbocycles. The van der Waals surface area contributed by atoms with Crippen LogP contribution in [0.5, 0.6) is 5.75 Å². The van der Waals surface area contributed by atoms with Crippen molar-refractivity contribution in [1.29, 1.82) is 0 Å². The van der Waals surface area contributed by atoms with E-state index in [-0.39, 0.29) is 5.78 Å². The average molecular weight is 466 g/mol. The van der Waals surface area contributed by atoms with E-state index in [0.717, 1.165) is 61.9 Å². The highest BCUT2D eigenvalue weighted by Crippen LogP contribution is 2.34. The molecule has 0 radical (unpaired) electrons. The van der Waals surface area contributed by atoms with E-state index in [1.54, 1.807) is 13.0 Å². The van der Waals surface area contributed by atoms with Crippen molar-refractivity contribution in [2.45, 2.75) is 38.6 Å². The molecule has 2 aromatic carbocycles. The predicted octanol–water partition coefficient (Wildman–Crippen LogP) is 6.03. The fourth-order valence-electron chi connectivity index (χ4n) is 4.82. The molecule has 1 aliphatic rings. The molecule has 4 aromatic rings. The van der Waals surface area contributed by atoms with Crippen molar-refractivity contribution in [1.82, 2.24) is 14.5 Å². The van der Waals surface area contributed by atoms with Gasteiger partial charge in [-0.15, -0.1) is 11.3 Å². The summed E-state index contributed by atoms with van der Waals surface area (Å²) in [5, 5.41) is 2.17. The Balaban J connectivity index is 1.19. The summed E-state index contributed by atoms with van der Waals surface area (Å²) in [7, 11) is 0. The van der Waals surface area contributed by atoms with E-state index < -0.39 is 6.86 Å². The molecule has 0 atom stereocenters. The molecule has 172 valence electrons. The highest BCUT2D eigenvalue weighted by Gasteiger charge is 2.23. The number of thiazole rings is 1. The summed E-state index contributed by atoms with van der Waals surface area (Å²) in [6, 6.07) is 13.8. The van der Waals surface area contributed by atoms with Gasteiger partial charge in [-0.2, -0.15) is 0 Å². The first kappa shape index (κ1) is 22.0. The maximum absolute atomic E-state index is 12.6. The topological polar surface area (TPSA) is 47.4 Å². The van der Waals surface area contributed by atoms with Gasteiger partial charge in [0.15, 0.2) is 5.78 Å². The SMILES string of the molecule is CC(=O)c1cn(CCCN2CCC(c3nc4ccccc4s3)CC2)c2cc(OCF)ccc12. The van der Waals surface area contributed by atoms with Gasteiger partial charge in [0.1, 0.15) is 5.75 Å². The Labute approximate surface area is 196 Å². The third kappa shape index (κ3) is 4.66. The maximum Gasteiger partial charge on any atom is 0.228 e. The van der Waals surface area contributed by atoms with Gasteiger partial charge in [0.05, 0.1) is 20.7 Å². The number of para-hydroxylation sites is 1. The van der Waals surface area contributed by atoms with Crippen LogP contribution in [0.3, 0.4) is 0 Å². The van der Waals surface area contributed by atoms with E-state index in [0.29, 0.717) is 17.2 Å². The second-order valence-corrected chi connectivity index (χ2v) is 9.78. The molecule has 33 heavy (non-hydrogen) atoms. The molecule has 1 saturated heterocycles. The van der Waals surface area contributed by atoms with Gasteiger partial charge in [-0.25, -0.2) is 9.37 Å². The number of aromatic nitrogens is 2. The van der Waals surface area contributed by atoms with Crippen molar-refractivity contribution in [3.63, 3.8) is 0 Å². The zero-order valence-electron chi connectivity index (χ0n) is 18.8. The fraction of sp³-hybridized carbons (Fsp3) is 0.385. The van der Waals surface area contributed by atoms with Crippen LogP contribution in [0, 0.1) is 0 Å². The number of carbonyl (C=O) groups excluding carboxylic acids is 1. The minimum Gasteiger partial charge on any atom is -0.463 e. The first-order valence-electron chi connectivity index (χ1n) is 11.5. The molecule has 0 amide bonds. The number of carbonyl (C=O) groups is 1. The number of alkyl halides is 1. The summed E-state index contributed by atoms with van der Waals surface area (Å²) in [4.78, 5) is 19.5. The molecule has 0 unspecified atom stereocenters. The Morgan fingerprint density at radius 2 is 2.00 bits per heavy atom. The Kier molecular flexibility index (Phi) is 6.42. The Hall–Kier alpha value is -2.77. The van der Waals surface area contributed by atoms with Gasteiger partial charge in [0.2, 0.25) is 6.86 Å². The molecule has 0 spiro atoms. The van der Waals surface area contributed by atoms with E-state index in [4.69, 9.17) is 9.72 Å². The molecule has 0 N–H and O–H groups in total. The summed E-state index contributed by atoms with van der Waals surface area (Å²) in [5.74, 6) is 1.07. The van der Waals surface area contributed by atoms with Crippen LogP contribution in [0.15, 0.2) is 48.7 Å². The summed E-state index contributed by atoms with van der Waals surface area (Å²) in [5.41, 5.74) is 2.73. The lowest BCUT2D eigenvalue weighted by molar-refractivity contribution is 0.101. The van der Waals surface area contributed by atoms with Crippen molar-refractivity contribution < 1.29 is 13.9 Å². The zero-order chi connectivity index (χ0) is 22.8. The first-order valence-corrected chi connectivity index (χ1v) is 12.3. The normalized spacial score (nSPS) is 15.5. The Morgan fingerprint density at radius 3 is 2.76 bits per heavy atom. The van der Waals surface area contributed by atoms with Crippen LogP contribution in [0.2, 0.25) is 0 Å². The van der Waals surface area contributed by atoms with E-state index in [1.165, 1.54) is 9.71 Å². The summed E-state index contributed by atoms with van der Waals surface area (Å²) < 4.78 is 21.0. The second-order valence-electron chi connectivity index (χ2n) is 8.71. The highest BCUT2D eigenvalue weighted by atomic mass is 32.1. The zero-order valence-corrected chi connectivity index (χ0v) is 19.6. The molecule has 0 saturated carbocycles. The van der Waals surface area contributed by atoms with E-state index in [9.17, 15) is 9.18 Å². The van der Waals surface area contributed by atoms with Crippen LogP contribution in [-0.4, -0.2) is 46.7 Å². The lowest BCUT2D eigenvalue weighted by atomic mass is 9.97. The number of Topliss-reactive ketones (excluding diaryl/α,β-unsaturated/α-hetero) is 1. The standard InChI is InChI=1S/C26H28FN3O2S/c1-18(31)22-16-30(24-15-20(32-17-27)7-8-21(22)24)12-4-11-29-13-9-19(10-14-29)26-28-23-5-2-3-6-25(23)33-26/h2-3,5-8,15-16,19H,4,9-14,17H2,1H3. The molecular formula is C26H28FN3O2S.